The Morgan fingerprint density at radius 1 is 0.794 bits per heavy atom. The number of aliphatic imine (C=N–C) groups is 2. The van der Waals surface area contributed by atoms with Gasteiger partial charge in [0.1, 0.15) is 13.5 Å². The second-order valence-corrected chi connectivity index (χ2v) is 7.86. The lowest BCUT2D eigenvalue weighted by molar-refractivity contribution is -0.319. The Hall–Kier alpha value is -1.54. The molecule has 2 N–H and O–H groups in total. The molecule has 200 valence electrons. The molecule has 0 bridgehead atoms. The number of guanidine groups is 2. The molecule has 12 heteroatoms. The van der Waals surface area contributed by atoms with Crippen LogP contribution in [0.1, 0.15) is 79.1 Å². The first-order valence-corrected chi connectivity index (χ1v) is 12.5. The van der Waals surface area contributed by atoms with Crippen LogP contribution >= 0.6 is 0 Å². The Morgan fingerprint density at radius 3 is 1.76 bits per heavy atom. The smallest absolute Gasteiger partial charge is 0.279 e. The molecule has 34 heavy (non-hydrogen) atoms. The zero-order chi connectivity index (χ0) is 25.2. The van der Waals surface area contributed by atoms with Crippen LogP contribution in [-0.4, -0.2) is 95.6 Å². The number of hydrogen-bond acceptors (Lipinski definition) is 12. The van der Waals surface area contributed by atoms with Crippen molar-refractivity contribution in [2.24, 2.45) is 9.98 Å². The summed E-state index contributed by atoms with van der Waals surface area (Å²) >= 11 is 0. The molecule has 0 saturated carbocycles. The molecule has 0 saturated heterocycles. The van der Waals surface area contributed by atoms with Gasteiger partial charge in [0, 0.05) is 7.05 Å². The van der Waals surface area contributed by atoms with E-state index >= 15 is 0 Å². The van der Waals surface area contributed by atoms with Gasteiger partial charge in [0.25, 0.3) is 5.96 Å². The minimum atomic E-state index is -0.918. The van der Waals surface area contributed by atoms with Gasteiger partial charge >= 0.3 is 0 Å². The molecule has 1 aliphatic rings. The summed E-state index contributed by atoms with van der Waals surface area (Å²) < 4.78 is 0. The van der Waals surface area contributed by atoms with Crippen molar-refractivity contribution in [3.8, 4) is 0 Å². The molecular weight excluding hydrogens is 444 g/mol. The summed E-state index contributed by atoms with van der Waals surface area (Å²) in [6.07, 6.45) is 6.28. The third-order valence-corrected chi connectivity index (χ3v) is 4.91. The summed E-state index contributed by atoms with van der Waals surface area (Å²) in [6, 6.07) is 0. The fourth-order valence-corrected chi connectivity index (χ4v) is 2.80. The first-order chi connectivity index (χ1) is 16.6. The molecule has 0 aromatic heterocycles. The number of aliphatic hydroxyl groups is 2. The lowest BCUT2D eigenvalue weighted by Crippen LogP contribution is -2.58. The van der Waals surface area contributed by atoms with Gasteiger partial charge in [0.05, 0.1) is 26.4 Å². The molecule has 1 aliphatic heterocycles. The molecule has 0 aromatic rings. The molecule has 1 atom stereocenters. The van der Waals surface area contributed by atoms with E-state index in [0.29, 0.717) is 26.4 Å². The zero-order valence-corrected chi connectivity index (χ0v) is 21.7. The van der Waals surface area contributed by atoms with Crippen molar-refractivity contribution in [1.82, 2.24) is 20.3 Å². The summed E-state index contributed by atoms with van der Waals surface area (Å²) in [7, 11) is 1.71. The standard InChI is InChI=1S/C22H46N6O6/c1-6-10-14-31-25(5)21-23-20(28(33-16-12-8-3)34-17-13-9-4)24-22(26(21)18-29)27(19-30)32-15-11-7-2/h22,29-30H,6-19H2,1-5H3. The van der Waals surface area contributed by atoms with Gasteiger partial charge in [0.2, 0.25) is 12.2 Å². The maximum Gasteiger partial charge on any atom is 0.279 e. The highest BCUT2D eigenvalue weighted by Crippen LogP contribution is 2.19. The maximum atomic E-state index is 10.2. The van der Waals surface area contributed by atoms with Crippen LogP contribution < -0.4 is 0 Å². The Balaban J connectivity index is 3.28. The number of hydrogen-bond donors (Lipinski definition) is 2. The van der Waals surface area contributed by atoms with Crippen LogP contribution in [0.5, 0.6) is 0 Å². The van der Waals surface area contributed by atoms with Crippen LogP contribution in [0.3, 0.4) is 0 Å². The second kappa shape index (κ2) is 18.7. The third-order valence-electron chi connectivity index (χ3n) is 4.91. The minimum Gasteiger partial charge on any atom is -0.379 e. The van der Waals surface area contributed by atoms with E-state index in [1.54, 1.807) is 7.05 Å². The van der Waals surface area contributed by atoms with Crippen molar-refractivity contribution in [3.63, 3.8) is 0 Å². The normalized spacial score (nSPS) is 16.1. The number of rotatable bonds is 19. The SMILES string of the molecule is CCCCON(C)C1=NC(N(OCCCC)OCCCC)=NC(N(CO)OCCCC)N1CO. The van der Waals surface area contributed by atoms with Crippen molar-refractivity contribution >= 4 is 11.9 Å². The molecule has 0 fully saturated rings. The number of nitrogens with zero attached hydrogens (tertiary/aromatic N) is 6. The highest BCUT2D eigenvalue weighted by atomic mass is 17.0. The monoisotopic (exact) mass is 490 g/mol. The van der Waals surface area contributed by atoms with E-state index in [-0.39, 0.29) is 11.9 Å². The van der Waals surface area contributed by atoms with Crippen molar-refractivity contribution in [3.05, 3.63) is 0 Å². The van der Waals surface area contributed by atoms with Gasteiger partial charge in [-0.25, -0.2) is 19.7 Å². The quantitative estimate of drug-likeness (QED) is 0.159. The molecule has 1 unspecified atom stereocenters. The largest absolute Gasteiger partial charge is 0.379 e. The van der Waals surface area contributed by atoms with E-state index in [1.807, 2.05) is 0 Å². The third kappa shape index (κ3) is 10.4. The van der Waals surface area contributed by atoms with E-state index < -0.39 is 19.8 Å². The van der Waals surface area contributed by atoms with Gasteiger partial charge in [-0.2, -0.15) is 4.99 Å². The van der Waals surface area contributed by atoms with Crippen LogP contribution in [0.4, 0.5) is 0 Å². The average molecular weight is 491 g/mol. The van der Waals surface area contributed by atoms with Gasteiger partial charge < -0.3 is 10.2 Å². The van der Waals surface area contributed by atoms with Gasteiger partial charge in [-0.15, -0.1) is 5.06 Å². The second-order valence-electron chi connectivity index (χ2n) is 7.86. The molecule has 12 nitrogen and oxygen atoms in total. The van der Waals surface area contributed by atoms with E-state index in [2.05, 4.69) is 37.7 Å². The predicted molar refractivity (Wildman–Crippen MR) is 130 cm³/mol. The van der Waals surface area contributed by atoms with Crippen LogP contribution in [0.2, 0.25) is 0 Å². The maximum absolute atomic E-state index is 10.2. The van der Waals surface area contributed by atoms with Crippen molar-refractivity contribution < 1.29 is 29.6 Å². The topological polar surface area (TPSA) is 115 Å². The number of unbranched alkanes of at least 4 members (excludes halogenated alkanes) is 4. The van der Waals surface area contributed by atoms with E-state index in [0.717, 1.165) is 51.4 Å². The Kier molecular flexibility index (Phi) is 16.8. The molecular formula is C22H46N6O6. The van der Waals surface area contributed by atoms with Gasteiger partial charge in [-0.3, -0.25) is 14.6 Å². The molecule has 1 rings (SSSR count). The summed E-state index contributed by atoms with van der Waals surface area (Å²) in [5.41, 5.74) is 0. The van der Waals surface area contributed by atoms with Crippen molar-refractivity contribution in [1.29, 1.82) is 0 Å². The molecule has 0 amide bonds. The minimum absolute atomic E-state index is 0.139. The number of hydroxylamine groups is 6. The van der Waals surface area contributed by atoms with Crippen molar-refractivity contribution in [2.75, 3.05) is 46.9 Å². The van der Waals surface area contributed by atoms with Gasteiger partial charge in [-0.1, -0.05) is 58.6 Å². The zero-order valence-electron chi connectivity index (χ0n) is 21.7. The Bertz CT molecular complexity index is 572. The summed E-state index contributed by atoms with van der Waals surface area (Å²) in [4.78, 5) is 33.9. The molecule has 0 aliphatic carbocycles. The van der Waals surface area contributed by atoms with Crippen LogP contribution in [-0.2, 0) is 19.4 Å². The lowest BCUT2D eigenvalue weighted by atomic mass is 10.4. The van der Waals surface area contributed by atoms with Crippen LogP contribution in [0.15, 0.2) is 9.98 Å². The number of aliphatic hydroxyl groups excluding tert-OH is 2. The first kappa shape index (κ1) is 30.5. The summed E-state index contributed by atoms with van der Waals surface area (Å²) in [5.74, 6) is 0.426. The average Bonchev–Trinajstić information content (AvgIpc) is 2.85. The fraction of sp³-hybridized carbons (Fsp3) is 0.909. The van der Waals surface area contributed by atoms with Gasteiger partial charge in [-0.05, 0) is 25.7 Å². The van der Waals surface area contributed by atoms with E-state index in [4.69, 9.17) is 19.4 Å². The van der Waals surface area contributed by atoms with Crippen LogP contribution in [0.25, 0.3) is 0 Å². The molecule has 0 spiro atoms. The Morgan fingerprint density at radius 2 is 1.29 bits per heavy atom. The van der Waals surface area contributed by atoms with Crippen LogP contribution in [0, 0.1) is 0 Å². The highest BCUT2D eigenvalue weighted by molar-refractivity contribution is 5.95. The molecule has 1 heterocycles. The van der Waals surface area contributed by atoms with E-state index in [1.165, 1.54) is 20.3 Å². The predicted octanol–water partition coefficient (Wildman–Crippen LogP) is 2.66. The van der Waals surface area contributed by atoms with E-state index in [9.17, 15) is 10.2 Å². The first-order valence-electron chi connectivity index (χ1n) is 12.5. The van der Waals surface area contributed by atoms with Crippen molar-refractivity contribution in [2.45, 2.75) is 85.4 Å². The molecule has 0 aromatic carbocycles. The summed E-state index contributed by atoms with van der Waals surface area (Å²) in [5, 5.41) is 24.2. The highest BCUT2D eigenvalue weighted by Gasteiger charge is 2.36. The summed E-state index contributed by atoms with van der Waals surface area (Å²) in [6.45, 7) is 9.16. The lowest BCUT2D eigenvalue weighted by Gasteiger charge is -2.40. The molecule has 0 radical (unpaired) electrons. The van der Waals surface area contributed by atoms with Gasteiger partial charge in [0.15, 0.2) is 0 Å². The fourth-order valence-electron chi connectivity index (χ4n) is 2.80. The Labute approximate surface area is 204 Å².